The number of rotatable bonds is 8. The van der Waals surface area contributed by atoms with E-state index >= 15 is 0 Å². The number of amides is 1. The number of aromatic nitrogens is 2. The number of halogens is 3. The van der Waals surface area contributed by atoms with Crippen LogP contribution >= 0.6 is 0 Å². The van der Waals surface area contributed by atoms with Crippen molar-refractivity contribution in [1.29, 1.82) is 0 Å². The van der Waals surface area contributed by atoms with Crippen LogP contribution in [0.2, 0.25) is 0 Å². The van der Waals surface area contributed by atoms with Crippen LogP contribution < -0.4 is 15.3 Å². The molecule has 0 radical (unpaired) electrons. The molecule has 1 aromatic heterocycles. The summed E-state index contributed by atoms with van der Waals surface area (Å²) in [5, 5.41) is 3.68. The summed E-state index contributed by atoms with van der Waals surface area (Å²) in [7, 11) is -2.83. The highest BCUT2D eigenvalue weighted by atomic mass is 32.2. The van der Waals surface area contributed by atoms with Gasteiger partial charge in [0.15, 0.2) is 0 Å². The van der Waals surface area contributed by atoms with E-state index in [9.17, 15) is 31.2 Å². The van der Waals surface area contributed by atoms with Crippen molar-refractivity contribution < 1.29 is 26.4 Å². The molecule has 0 aliphatic heterocycles. The molecule has 40 heavy (non-hydrogen) atoms. The van der Waals surface area contributed by atoms with E-state index < -0.39 is 39.8 Å². The van der Waals surface area contributed by atoms with Crippen molar-refractivity contribution in [2.45, 2.75) is 18.0 Å². The number of carbonyl (C=O) groups excluding carboxylic acids is 1. The van der Waals surface area contributed by atoms with Crippen LogP contribution in [0.5, 0.6) is 0 Å². The van der Waals surface area contributed by atoms with Gasteiger partial charge in [0.2, 0.25) is 0 Å². The van der Waals surface area contributed by atoms with Gasteiger partial charge in [-0.1, -0.05) is 48.5 Å². The lowest BCUT2D eigenvalue weighted by Crippen LogP contribution is -2.42. The highest BCUT2D eigenvalue weighted by Gasteiger charge is 2.33. The molecular weight excluding hydrogens is 547 g/mol. The molecule has 208 valence electrons. The van der Waals surface area contributed by atoms with Crippen LogP contribution in [0.15, 0.2) is 99.7 Å². The van der Waals surface area contributed by atoms with Crippen molar-refractivity contribution >= 4 is 27.8 Å². The Hall–Kier alpha value is -4.65. The fourth-order valence-corrected chi connectivity index (χ4v) is 5.48. The van der Waals surface area contributed by atoms with Gasteiger partial charge in [0.1, 0.15) is 12.2 Å². The van der Waals surface area contributed by atoms with Crippen LogP contribution in [-0.2, 0) is 28.0 Å². The largest absolute Gasteiger partial charge is 0.416 e. The fraction of sp³-hybridized carbons (Fsp3) is 0.148. The van der Waals surface area contributed by atoms with E-state index in [0.717, 1.165) is 18.3 Å². The predicted molar refractivity (Wildman–Crippen MR) is 144 cm³/mol. The van der Waals surface area contributed by atoms with Gasteiger partial charge in [-0.15, -0.1) is 0 Å². The maximum Gasteiger partial charge on any atom is 0.416 e. The number of hydrogen-bond donors (Lipinski definition) is 1. The zero-order chi connectivity index (χ0) is 29.1. The van der Waals surface area contributed by atoms with Crippen molar-refractivity contribution in [3.8, 4) is 5.69 Å². The zero-order valence-electron chi connectivity index (χ0n) is 21.3. The molecule has 9 nitrogen and oxygen atoms in total. The lowest BCUT2D eigenvalue weighted by Gasteiger charge is -2.22. The van der Waals surface area contributed by atoms with Crippen LogP contribution in [0, 0.1) is 6.92 Å². The third-order valence-corrected chi connectivity index (χ3v) is 7.77. The molecule has 0 atom stereocenters. The Morgan fingerprint density at radius 2 is 1.62 bits per heavy atom. The van der Waals surface area contributed by atoms with Gasteiger partial charge in [0, 0.05) is 7.05 Å². The molecule has 0 saturated carbocycles. The third kappa shape index (κ3) is 5.83. The van der Waals surface area contributed by atoms with Gasteiger partial charge in [0.05, 0.1) is 28.1 Å². The Morgan fingerprint density at radius 1 is 1.00 bits per heavy atom. The first-order valence-electron chi connectivity index (χ1n) is 11.8. The number of alkyl halides is 3. The molecule has 0 aliphatic carbocycles. The third-order valence-electron chi connectivity index (χ3n) is 6.01. The molecular formula is C27H24F3N5O4S. The van der Waals surface area contributed by atoms with Crippen molar-refractivity contribution in [2.75, 3.05) is 10.8 Å². The van der Waals surface area contributed by atoms with E-state index in [1.54, 1.807) is 50.4 Å². The second kappa shape index (κ2) is 11.2. The average Bonchev–Trinajstić information content (AvgIpc) is 3.15. The minimum Gasteiger partial charge on any atom is -0.283 e. The van der Waals surface area contributed by atoms with Crippen LogP contribution in [-0.4, -0.2) is 36.4 Å². The Morgan fingerprint density at radius 3 is 2.25 bits per heavy atom. The summed E-state index contributed by atoms with van der Waals surface area (Å²) in [6, 6.07) is 20.1. The van der Waals surface area contributed by atoms with Crippen LogP contribution in [0.4, 0.5) is 18.9 Å². The van der Waals surface area contributed by atoms with E-state index in [1.807, 2.05) is 0 Å². The van der Waals surface area contributed by atoms with Gasteiger partial charge in [-0.05, 0) is 48.9 Å². The number of hydrogen-bond acceptors (Lipinski definition) is 5. The van der Waals surface area contributed by atoms with E-state index in [2.05, 4.69) is 10.5 Å². The summed E-state index contributed by atoms with van der Waals surface area (Å²) in [5.41, 5.74) is 1.14. The Bertz CT molecular complexity index is 1710. The molecule has 0 aliphatic rings. The SMILES string of the molecule is Cc1c(N(CC(=O)N/N=C\c2cccc(C(F)(F)F)c2)S(=O)(=O)c2ccccc2)c(=O)n(-c2ccccc2)n1C. The highest BCUT2D eigenvalue weighted by molar-refractivity contribution is 7.92. The molecule has 0 bridgehead atoms. The van der Waals surface area contributed by atoms with Crippen LogP contribution in [0.25, 0.3) is 5.69 Å². The first-order chi connectivity index (χ1) is 18.9. The first kappa shape index (κ1) is 28.4. The van der Waals surface area contributed by atoms with E-state index in [0.29, 0.717) is 9.99 Å². The maximum absolute atomic E-state index is 13.7. The van der Waals surface area contributed by atoms with Crippen molar-refractivity contribution in [3.63, 3.8) is 0 Å². The van der Waals surface area contributed by atoms with Crippen LogP contribution in [0.3, 0.4) is 0 Å². The fourth-order valence-electron chi connectivity index (χ4n) is 3.99. The summed E-state index contributed by atoms with van der Waals surface area (Å²) >= 11 is 0. The van der Waals surface area contributed by atoms with Crippen molar-refractivity contribution in [3.05, 3.63) is 112 Å². The van der Waals surface area contributed by atoms with Gasteiger partial charge < -0.3 is 0 Å². The van der Waals surface area contributed by atoms with Gasteiger partial charge >= 0.3 is 6.18 Å². The van der Waals surface area contributed by atoms with Crippen molar-refractivity contribution in [1.82, 2.24) is 14.8 Å². The maximum atomic E-state index is 13.7. The highest BCUT2D eigenvalue weighted by Crippen LogP contribution is 2.29. The van der Waals surface area contributed by atoms with Gasteiger partial charge in [-0.25, -0.2) is 22.8 Å². The molecule has 4 rings (SSSR count). The monoisotopic (exact) mass is 571 g/mol. The summed E-state index contributed by atoms with van der Waals surface area (Å²) in [4.78, 5) is 26.3. The molecule has 0 fully saturated rings. The zero-order valence-corrected chi connectivity index (χ0v) is 22.1. The molecule has 4 aromatic rings. The average molecular weight is 572 g/mol. The number of nitrogens with zero attached hydrogens (tertiary/aromatic N) is 4. The number of anilines is 1. The smallest absolute Gasteiger partial charge is 0.283 e. The standard InChI is InChI=1S/C27H24F3N5O4S/c1-19-25(26(37)35(33(19)2)22-12-5-3-6-13-22)34(40(38,39)23-14-7-4-8-15-23)18-24(36)32-31-17-20-10-9-11-21(16-20)27(28,29)30/h3-17H,18H2,1-2H3,(H,32,36)/b31-17-. The lowest BCUT2D eigenvalue weighted by atomic mass is 10.1. The first-order valence-corrected chi connectivity index (χ1v) is 13.3. The topological polar surface area (TPSA) is 106 Å². The molecule has 1 amide bonds. The summed E-state index contributed by atoms with van der Waals surface area (Å²) in [6.45, 7) is 0.722. The number of hydrazone groups is 1. The quantitative estimate of drug-likeness (QED) is 0.256. The molecule has 3 aromatic carbocycles. The van der Waals surface area contributed by atoms with E-state index in [4.69, 9.17) is 0 Å². The van der Waals surface area contributed by atoms with Gasteiger partial charge in [-0.2, -0.15) is 18.3 Å². The Labute approximate surface area is 227 Å². The van der Waals surface area contributed by atoms with E-state index in [-0.39, 0.29) is 21.8 Å². The molecule has 0 saturated heterocycles. The van der Waals surface area contributed by atoms with Gasteiger partial charge in [0.25, 0.3) is 21.5 Å². The van der Waals surface area contributed by atoms with Gasteiger partial charge in [-0.3, -0.25) is 14.3 Å². The Balaban J connectivity index is 1.70. The normalized spacial score (nSPS) is 12.0. The number of nitrogens with one attached hydrogen (secondary N) is 1. The lowest BCUT2D eigenvalue weighted by molar-refractivity contribution is -0.137. The number of sulfonamides is 1. The molecule has 0 spiro atoms. The van der Waals surface area contributed by atoms with E-state index in [1.165, 1.54) is 45.8 Å². The Kier molecular flexibility index (Phi) is 7.96. The molecule has 0 unspecified atom stereocenters. The minimum atomic E-state index is -4.56. The number of para-hydroxylation sites is 1. The molecule has 1 heterocycles. The molecule has 1 N–H and O–H groups in total. The second-order valence-electron chi connectivity index (χ2n) is 8.65. The minimum absolute atomic E-state index is 0.0635. The molecule has 13 heteroatoms. The second-order valence-corrected chi connectivity index (χ2v) is 10.5. The van der Waals surface area contributed by atoms with Crippen molar-refractivity contribution in [2.24, 2.45) is 12.1 Å². The predicted octanol–water partition coefficient (Wildman–Crippen LogP) is 3.85. The summed E-state index contributed by atoms with van der Waals surface area (Å²) in [5.74, 6) is -0.920. The summed E-state index contributed by atoms with van der Waals surface area (Å²) < 4.78 is 69.8. The number of benzene rings is 3. The van der Waals surface area contributed by atoms with Crippen LogP contribution in [0.1, 0.15) is 16.8 Å². The number of carbonyl (C=O) groups is 1. The summed E-state index contributed by atoms with van der Waals surface area (Å²) in [6.07, 6.45) is -3.56.